The van der Waals surface area contributed by atoms with Crippen LogP contribution < -0.4 is 17.0 Å². The summed E-state index contributed by atoms with van der Waals surface area (Å²) in [4.78, 5) is 22.1. The van der Waals surface area contributed by atoms with E-state index in [1.165, 1.54) is 12.1 Å². The molecule has 0 saturated carbocycles. The molecule has 0 aliphatic heterocycles. The quantitative estimate of drug-likeness (QED) is 0.465. The van der Waals surface area contributed by atoms with Crippen molar-refractivity contribution < 1.29 is 9.15 Å². The van der Waals surface area contributed by atoms with Gasteiger partial charge in [-0.05, 0) is 12.1 Å². The minimum absolute atomic E-state index is 0.0683. The lowest BCUT2D eigenvalue weighted by Gasteiger charge is -1.95. The van der Waals surface area contributed by atoms with Gasteiger partial charge in [0.15, 0.2) is 0 Å². The van der Waals surface area contributed by atoms with Gasteiger partial charge in [0.05, 0.1) is 5.39 Å². The number of nitrogen functional groups attached to an aromatic ring is 1. The van der Waals surface area contributed by atoms with E-state index in [-0.39, 0.29) is 16.5 Å². The second-order valence-electron chi connectivity index (χ2n) is 2.51. The molecule has 0 atom stereocenters. The predicted octanol–water partition coefficient (Wildman–Crippen LogP) is 0.328. The van der Waals surface area contributed by atoms with Gasteiger partial charge in [-0.1, -0.05) is 6.07 Å². The van der Waals surface area contributed by atoms with Crippen molar-refractivity contribution in [3.05, 3.63) is 39.0 Å². The Kier molecular flexibility index (Phi) is 1.45. The van der Waals surface area contributed by atoms with E-state index in [0.717, 1.165) is 0 Å². The number of fused-ring (bicyclic) bond motifs is 1. The molecule has 0 aliphatic carbocycles. The van der Waals surface area contributed by atoms with Gasteiger partial charge in [0.25, 0.3) is 0 Å². The molecule has 0 bridgehead atoms. The van der Waals surface area contributed by atoms with Crippen molar-refractivity contribution in [2.24, 2.45) is 0 Å². The van der Waals surface area contributed by atoms with Crippen LogP contribution in [0.25, 0.3) is 10.8 Å². The molecule has 1 heterocycles. The Labute approximate surface area is 71.3 Å². The first-order valence-corrected chi connectivity index (χ1v) is 3.52. The average Bonchev–Trinajstić information content (AvgIpc) is 2.12. The molecule has 0 saturated heterocycles. The molecule has 0 aliphatic rings. The molecule has 66 valence electrons. The molecular formula is C8H5NO4. The Morgan fingerprint density at radius 3 is 2.46 bits per heavy atom. The molecule has 5 heteroatoms. The van der Waals surface area contributed by atoms with E-state index in [9.17, 15) is 9.59 Å². The van der Waals surface area contributed by atoms with Gasteiger partial charge in [-0.2, -0.15) is 0 Å². The molecule has 13 heavy (non-hydrogen) atoms. The highest BCUT2D eigenvalue weighted by atomic mass is 17.0. The highest BCUT2D eigenvalue weighted by Crippen LogP contribution is 2.12. The van der Waals surface area contributed by atoms with Crippen LogP contribution in [0.5, 0.6) is 0 Å². The number of benzene rings is 1. The van der Waals surface area contributed by atoms with Crippen molar-refractivity contribution in [2.45, 2.75) is 0 Å². The Bertz CT molecular complexity index is 566. The fraction of sp³-hybridized carbons (Fsp3) is 0. The summed E-state index contributed by atoms with van der Waals surface area (Å²) < 4.78 is 8.26. The first-order valence-electron chi connectivity index (χ1n) is 3.52. The zero-order valence-electron chi connectivity index (χ0n) is 6.44. The van der Waals surface area contributed by atoms with Crippen LogP contribution in [0.2, 0.25) is 0 Å². The van der Waals surface area contributed by atoms with Crippen molar-refractivity contribution >= 4 is 16.5 Å². The standard InChI is InChI=1S/C8H5NO4/c9-5-3-1-2-4-6(5)8(11)13-12-7(4)10/h1-3H,9H2. The number of hydrogen-bond donors (Lipinski definition) is 1. The summed E-state index contributed by atoms with van der Waals surface area (Å²) in [6, 6.07) is 4.53. The molecule has 0 unspecified atom stereocenters. The molecule has 2 rings (SSSR count). The van der Waals surface area contributed by atoms with Gasteiger partial charge in [-0.3, -0.25) is 0 Å². The maximum atomic E-state index is 11.1. The van der Waals surface area contributed by atoms with E-state index in [2.05, 4.69) is 9.15 Å². The Balaban J connectivity index is 3.19. The van der Waals surface area contributed by atoms with E-state index in [0.29, 0.717) is 0 Å². The fourth-order valence-corrected chi connectivity index (χ4v) is 1.13. The Morgan fingerprint density at radius 2 is 1.77 bits per heavy atom. The molecular weight excluding hydrogens is 174 g/mol. The van der Waals surface area contributed by atoms with Crippen molar-refractivity contribution in [2.75, 3.05) is 5.73 Å². The molecule has 2 N–H and O–H groups in total. The second-order valence-corrected chi connectivity index (χ2v) is 2.51. The van der Waals surface area contributed by atoms with E-state index in [1.54, 1.807) is 6.07 Å². The summed E-state index contributed by atoms with van der Waals surface area (Å²) in [5, 5.41) is 0.204. The SMILES string of the molecule is Nc1cccc2c(=O)ooc(=O)c12. The van der Waals surface area contributed by atoms with Crippen LogP contribution in [-0.2, 0) is 0 Å². The van der Waals surface area contributed by atoms with Gasteiger partial charge >= 0.3 is 11.3 Å². The highest BCUT2D eigenvalue weighted by Gasteiger charge is 2.08. The molecule has 0 fully saturated rings. The van der Waals surface area contributed by atoms with Crippen molar-refractivity contribution in [1.29, 1.82) is 0 Å². The van der Waals surface area contributed by atoms with Crippen molar-refractivity contribution in [3.8, 4) is 0 Å². The number of hydrogen-bond acceptors (Lipinski definition) is 5. The summed E-state index contributed by atoms with van der Waals surface area (Å²) in [5.41, 5.74) is 4.24. The first-order chi connectivity index (χ1) is 6.20. The molecule has 0 amide bonds. The Hall–Kier alpha value is -2.04. The number of anilines is 1. The molecule has 1 aromatic heterocycles. The predicted molar refractivity (Wildman–Crippen MR) is 45.4 cm³/mol. The molecule has 0 spiro atoms. The second kappa shape index (κ2) is 2.48. The average molecular weight is 179 g/mol. The first kappa shape index (κ1) is 7.60. The number of rotatable bonds is 0. The summed E-state index contributed by atoms with van der Waals surface area (Å²) in [6.07, 6.45) is 0. The maximum Gasteiger partial charge on any atom is 0.389 e. The van der Waals surface area contributed by atoms with Crippen LogP contribution in [0.15, 0.2) is 36.9 Å². The summed E-state index contributed by atoms with van der Waals surface area (Å²) >= 11 is 0. The smallest absolute Gasteiger partial charge is 0.389 e. The largest absolute Gasteiger partial charge is 0.398 e. The van der Waals surface area contributed by atoms with Gasteiger partial charge in [0, 0.05) is 5.69 Å². The summed E-state index contributed by atoms with van der Waals surface area (Å²) in [6.45, 7) is 0. The topological polar surface area (TPSA) is 86.4 Å². The van der Waals surface area contributed by atoms with Gasteiger partial charge in [-0.15, -0.1) is 0 Å². The highest BCUT2D eigenvalue weighted by molar-refractivity contribution is 5.90. The normalized spacial score (nSPS) is 10.5. The van der Waals surface area contributed by atoms with Crippen LogP contribution >= 0.6 is 0 Å². The zero-order chi connectivity index (χ0) is 9.42. The lowest BCUT2D eigenvalue weighted by Crippen LogP contribution is -2.10. The van der Waals surface area contributed by atoms with Gasteiger partial charge in [0.2, 0.25) is 0 Å². The third kappa shape index (κ3) is 1.01. The Morgan fingerprint density at radius 1 is 1.08 bits per heavy atom. The van der Waals surface area contributed by atoms with E-state index < -0.39 is 11.3 Å². The summed E-state index contributed by atoms with van der Waals surface area (Å²) in [7, 11) is 0. The molecule has 2 aromatic rings. The summed E-state index contributed by atoms with van der Waals surface area (Å²) in [5.74, 6) is 0. The lowest BCUT2D eigenvalue weighted by atomic mass is 10.2. The lowest BCUT2D eigenvalue weighted by molar-refractivity contribution is 0.0217. The number of nitrogens with two attached hydrogens (primary N) is 1. The maximum absolute atomic E-state index is 11.1. The molecule has 0 radical (unpaired) electrons. The van der Waals surface area contributed by atoms with Crippen LogP contribution in [0.4, 0.5) is 5.69 Å². The monoisotopic (exact) mass is 179 g/mol. The minimum Gasteiger partial charge on any atom is -0.398 e. The van der Waals surface area contributed by atoms with Crippen molar-refractivity contribution in [3.63, 3.8) is 0 Å². The third-order valence-electron chi connectivity index (χ3n) is 1.71. The fourth-order valence-electron chi connectivity index (χ4n) is 1.13. The van der Waals surface area contributed by atoms with Crippen LogP contribution in [0, 0.1) is 0 Å². The van der Waals surface area contributed by atoms with Gasteiger partial charge < -0.3 is 5.73 Å². The molecule has 5 nitrogen and oxygen atoms in total. The zero-order valence-corrected chi connectivity index (χ0v) is 6.44. The van der Waals surface area contributed by atoms with Crippen molar-refractivity contribution in [1.82, 2.24) is 0 Å². The van der Waals surface area contributed by atoms with Gasteiger partial charge in [0.1, 0.15) is 5.39 Å². The van der Waals surface area contributed by atoms with Crippen LogP contribution in [0.1, 0.15) is 0 Å². The third-order valence-corrected chi connectivity index (χ3v) is 1.71. The molecule has 1 aromatic carbocycles. The van der Waals surface area contributed by atoms with Gasteiger partial charge in [-0.25, -0.2) is 18.7 Å². The van der Waals surface area contributed by atoms with E-state index >= 15 is 0 Å². The van der Waals surface area contributed by atoms with Crippen LogP contribution in [-0.4, -0.2) is 0 Å². The van der Waals surface area contributed by atoms with Crippen LogP contribution in [0.3, 0.4) is 0 Å². The minimum atomic E-state index is -0.743. The van der Waals surface area contributed by atoms with E-state index in [4.69, 9.17) is 5.73 Å². The van der Waals surface area contributed by atoms with E-state index in [1.807, 2.05) is 0 Å².